The molecule has 70 valence electrons. The Morgan fingerprint density at radius 3 is 2.08 bits per heavy atom. The van der Waals surface area contributed by atoms with E-state index in [1.165, 1.54) is 4.91 Å². The average Bonchev–Trinajstić information content (AvgIpc) is 2.14. The molecule has 0 unspecified atom stereocenters. The Labute approximate surface area is 85.4 Å². The minimum Gasteiger partial charge on any atom is -0.0984 e. The SMILES string of the molecule is C=CSC(/C=C\C)=C(C=C)/C=C\C. The molecule has 0 aromatic rings. The van der Waals surface area contributed by atoms with Crippen LogP contribution in [0.1, 0.15) is 13.8 Å². The number of allylic oxidation sites excluding steroid dienone is 6. The van der Waals surface area contributed by atoms with Crippen LogP contribution >= 0.6 is 11.8 Å². The minimum atomic E-state index is 1.13. The zero-order chi connectivity index (χ0) is 10.1. The molecule has 1 heteroatoms. The van der Waals surface area contributed by atoms with Crippen molar-refractivity contribution in [1.29, 1.82) is 0 Å². The third-order valence-electron chi connectivity index (χ3n) is 1.38. The summed E-state index contributed by atoms with van der Waals surface area (Å²) in [4.78, 5) is 1.17. The van der Waals surface area contributed by atoms with Crippen molar-refractivity contribution in [3.05, 3.63) is 59.4 Å². The molecule has 0 aromatic heterocycles. The van der Waals surface area contributed by atoms with Crippen molar-refractivity contribution in [3.8, 4) is 0 Å². The molecule has 0 aliphatic carbocycles. The van der Waals surface area contributed by atoms with E-state index in [1.807, 2.05) is 43.6 Å². The van der Waals surface area contributed by atoms with Crippen LogP contribution < -0.4 is 0 Å². The van der Waals surface area contributed by atoms with Crippen LogP contribution in [0.2, 0.25) is 0 Å². The third-order valence-corrected chi connectivity index (χ3v) is 2.17. The van der Waals surface area contributed by atoms with E-state index in [0.717, 1.165) is 5.57 Å². The zero-order valence-electron chi connectivity index (χ0n) is 8.29. The van der Waals surface area contributed by atoms with Crippen LogP contribution in [0, 0.1) is 0 Å². The first-order valence-corrected chi connectivity index (χ1v) is 5.07. The summed E-state index contributed by atoms with van der Waals surface area (Å²) < 4.78 is 0. The molecule has 0 fully saturated rings. The highest BCUT2D eigenvalue weighted by molar-refractivity contribution is 8.06. The summed E-state index contributed by atoms with van der Waals surface area (Å²) in [6.45, 7) is 11.5. The molecule has 0 N–H and O–H groups in total. The average molecular weight is 192 g/mol. The second kappa shape index (κ2) is 7.69. The Kier molecular flexibility index (Phi) is 7.12. The smallest absolute Gasteiger partial charge is 0.0184 e. The minimum absolute atomic E-state index is 1.13. The van der Waals surface area contributed by atoms with Crippen molar-refractivity contribution in [2.45, 2.75) is 13.8 Å². The number of hydrogen-bond acceptors (Lipinski definition) is 1. The van der Waals surface area contributed by atoms with Crippen LogP contribution in [0.15, 0.2) is 59.4 Å². The summed E-state index contributed by atoms with van der Waals surface area (Å²) in [5, 5.41) is 1.82. The van der Waals surface area contributed by atoms with Crippen molar-refractivity contribution >= 4 is 11.8 Å². The molecule has 0 bridgehead atoms. The van der Waals surface area contributed by atoms with Gasteiger partial charge in [0.15, 0.2) is 0 Å². The fraction of sp³-hybridized carbons (Fsp3) is 0.167. The Hall–Kier alpha value is -0.950. The second-order valence-corrected chi connectivity index (χ2v) is 3.32. The van der Waals surface area contributed by atoms with E-state index in [-0.39, 0.29) is 0 Å². The molecule has 0 saturated carbocycles. The van der Waals surface area contributed by atoms with Gasteiger partial charge in [0, 0.05) is 4.91 Å². The first-order valence-electron chi connectivity index (χ1n) is 4.19. The first-order chi connectivity index (χ1) is 6.29. The molecule has 0 aromatic carbocycles. The summed E-state index contributed by atoms with van der Waals surface area (Å²) >= 11 is 1.61. The van der Waals surface area contributed by atoms with E-state index in [0.29, 0.717) is 0 Å². The number of hydrogen-bond donors (Lipinski definition) is 0. The van der Waals surface area contributed by atoms with Gasteiger partial charge in [0.25, 0.3) is 0 Å². The van der Waals surface area contributed by atoms with Crippen molar-refractivity contribution in [3.63, 3.8) is 0 Å². The Morgan fingerprint density at radius 2 is 1.69 bits per heavy atom. The third kappa shape index (κ3) is 4.58. The number of thioether (sulfide) groups is 1. The lowest BCUT2D eigenvalue weighted by molar-refractivity contribution is 1.60. The maximum Gasteiger partial charge on any atom is 0.0184 e. The molecular formula is C12H16S. The summed E-state index contributed by atoms with van der Waals surface area (Å²) in [5.74, 6) is 0. The van der Waals surface area contributed by atoms with Gasteiger partial charge in [-0.2, -0.15) is 0 Å². The summed E-state index contributed by atoms with van der Waals surface area (Å²) in [6.07, 6.45) is 9.97. The Bertz CT molecular complexity index is 254. The van der Waals surface area contributed by atoms with Gasteiger partial charge in [-0.1, -0.05) is 55.3 Å². The van der Waals surface area contributed by atoms with Crippen LogP contribution in [0.5, 0.6) is 0 Å². The molecule has 0 spiro atoms. The largest absolute Gasteiger partial charge is 0.0984 e. The highest BCUT2D eigenvalue weighted by Gasteiger charge is 1.95. The van der Waals surface area contributed by atoms with Crippen LogP contribution in [0.4, 0.5) is 0 Å². The van der Waals surface area contributed by atoms with E-state index >= 15 is 0 Å². The second-order valence-electron chi connectivity index (χ2n) is 2.31. The van der Waals surface area contributed by atoms with Crippen LogP contribution in [-0.4, -0.2) is 0 Å². The van der Waals surface area contributed by atoms with Crippen LogP contribution in [0.3, 0.4) is 0 Å². The van der Waals surface area contributed by atoms with Gasteiger partial charge in [-0.3, -0.25) is 0 Å². The van der Waals surface area contributed by atoms with E-state index in [9.17, 15) is 0 Å². The zero-order valence-corrected chi connectivity index (χ0v) is 9.10. The van der Waals surface area contributed by atoms with Crippen LogP contribution in [0.25, 0.3) is 0 Å². The lowest BCUT2D eigenvalue weighted by atomic mass is 10.2. The normalized spacial score (nSPS) is 13.4. The monoisotopic (exact) mass is 192 g/mol. The highest BCUT2D eigenvalue weighted by atomic mass is 32.2. The van der Waals surface area contributed by atoms with Gasteiger partial charge >= 0.3 is 0 Å². The molecule has 0 atom stereocenters. The Morgan fingerprint density at radius 1 is 1.08 bits per heavy atom. The molecular weight excluding hydrogens is 176 g/mol. The first kappa shape index (κ1) is 12.0. The van der Waals surface area contributed by atoms with Gasteiger partial charge in [0.2, 0.25) is 0 Å². The molecule has 0 nitrogen and oxygen atoms in total. The van der Waals surface area contributed by atoms with Gasteiger partial charge in [-0.15, -0.1) is 0 Å². The van der Waals surface area contributed by atoms with Crippen molar-refractivity contribution in [1.82, 2.24) is 0 Å². The molecule has 0 saturated heterocycles. The van der Waals surface area contributed by atoms with Crippen molar-refractivity contribution in [2.24, 2.45) is 0 Å². The molecule has 0 aliphatic heterocycles. The van der Waals surface area contributed by atoms with Gasteiger partial charge in [-0.25, -0.2) is 0 Å². The lowest BCUT2D eigenvalue weighted by Crippen LogP contribution is -1.77. The predicted molar refractivity (Wildman–Crippen MR) is 64.6 cm³/mol. The van der Waals surface area contributed by atoms with Crippen molar-refractivity contribution in [2.75, 3.05) is 0 Å². The summed E-state index contributed by atoms with van der Waals surface area (Å²) in [5.41, 5.74) is 1.13. The maximum atomic E-state index is 3.77. The van der Waals surface area contributed by atoms with E-state index < -0.39 is 0 Å². The quantitative estimate of drug-likeness (QED) is 0.580. The molecule has 0 radical (unpaired) electrons. The molecule has 0 amide bonds. The van der Waals surface area contributed by atoms with Gasteiger partial charge in [0.1, 0.15) is 0 Å². The maximum absolute atomic E-state index is 3.77. The van der Waals surface area contributed by atoms with E-state index in [4.69, 9.17) is 0 Å². The standard InChI is InChI=1S/C12H16S/c1-5-9-11(7-3)12(10-6-2)13-8-4/h5-10H,3-4H2,1-2H3/b9-5-,10-6-,12-11+. The highest BCUT2D eigenvalue weighted by Crippen LogP contribution is 2.23. The lowest BCUT2D eigenvalue weighted by Gasteiger charge is -2.01. The number of rotatable bonds is 5. The van der Waals surface area contributed by atoms with Gasteiger partial charge in [0.05, 0.1) is 0 Å². The van der Waals surface area contributed by atoms with Gasteiger partial charge < -0.3 is 0 Å². The fourth-order valence-corrected chi connectivity index (χ4v) is 1.56. The molecule has 13 heavy (non-hydrogen) atoms. The van der Waals surface area contributed by atoms with E-state index in [2.05, 4.69) is 19.2 Å². The summed E-state index contributed by atoms with van der Waals surface area (Å²) in [6, 6.07) is 0. The predicted octanol–water partition coefficient (Wildman–Crippen LogP) is 4.46. The topological polar surface area (TPSA) is 0 Å². The van der Waals surface area contributed by atoms with Crippen LogP contribution in [-0.2, 0) is 0 Å². The molecule has 0 rings (SSSR count). The summed E-state index contributed by atoms with van der Waals surface area (Å²) in [7, 11) is 0. The van der Waals surface area contributed by atoms with Gasteiger partial charge in [-0.05, 0) is 24.8 Å². The fourth-order valence-electron chi connectivity index (χ4n) is 0.875. The molecule has 0 heterocycles. The van der Waals surface area contributed by atoms with Crippen molar-refractivity contribution < 1.29 is 0 Å². The Balaban J connectivity index is 4.97. The van der Waals surface area contributed by atoms with E-state index in [1.54, 1.807) is 11.8 Å². The molecule has 0 aliphatic rings.